The quantitative estimate of drug-likeness (QED) is 0.714. The van der Waals surface area contributed by atoms with Crippen LogP contribution in [0.1, 0.15) is 23.6 Å². The fraction of sp³-hybridized carbons (Fsp3) is 0.455. The highest BCUT2D eigenvalue weighted by Crippen LogP contribution is 2.26. The number of halogens is 1. The summed E-state index contributed by atoms with van der Waals surface area (Å²) in [6.07, 6.45) is 2.80. The maximum atomic E-state index is 6.17. The van der Waals surface area contributed by atoms with Gasteiger partial charge in [0, 0.05) is 18.1 Å². The molecule has 0 aromatic carbocycles. The van der Waals surface area contributed by atoms with Gasteiger partial charge < -0.3 is 4.74 Å². The molecular weight excluding hydrogens is 226 g/mol. The number of aromatic nitrogens is 3. The van der Waals surface area contributed by atoms with Crippen LogP contribution in [0.2, 0.25) is 5.15 Å². The van der Waals surface area contributed by atoms with Gasteiger partial charge in [-0.15, -0.1) is 0 Å². The largest absolute Gasteiger partial charge is 0.381 e. The molecule has 3 heterocycles. The van der Waals surface area contributed by atoms with Crippen molar-refractivity contribution < 1.29 is 4.74 Å². The molecule has 16 heavy (non-hydrogen) atoms. The van der Waals surface area contributed by atoms with Gasteiger partial charge in [0.25, 0.3) is 0 Å². The predicted molar refractivity (Wildman–Crippen MR) is 60.9 cm³/mol. The summed E-state index contributed by atoms with van der Waals surface area (Å²) in [5.41, 5.74) is 2.90. The van der Waals surface area contributed by atoms with E-state index in [9.17, 15) is 0 Å². The molecule has 2 aromatic rings. The molecule has 1 saturated heterocycles. The molecule has 1 atom stereocenters. The zero-order valence-corrected chi connectivity index (χ0v) is 9.74. The number of hydrogen-bond donors (Lipinski definition) is 0. The Balaban J connectivity index is 2.15. The normalized spacial score (nSPS) is 20.8. The van der Waals surface area contributed by atoms with E-state index in [2.05, 4.69) is 10.1 Å². The summed E-state index contributed by atoms with van der Waals surface area (Å²) in [4.78, 5) is 4.61. The van der Waals surface area contributed by atoms with Crippen LogP contribution in [0.4, 0.5) is 0 Å². The Labute approximate surface area is 98.2 Å². The lowest BCUT2D eigenvalue weighted by Crippen LogP contribution is -2.04. The molecule has 0 radical (unpaired) electrons. The Kier molecular flexibility index (Phi) is 2.33. The smallest absolute Gasteiger partial charge is 0.159 e. The van der Waals surface area contributed by atoms with Crippen LogP contribution in [0.15, 0.2) is 12.3 Å². The number of rotatable bonds is 1. The third-order valence-corrected chi connectivity index (χ3v) is 3.24. The van der Waals surface area contributed by atoms with Gasteiger partial charge in [0.2, 0.25) is 0 Å². The van der Waals surface area contributed by atoms with Crippen LogP contribution in [0.25, 0.3) is 5.65 Å². The van der Waals surface area contributed by atoms with Crippen molar-refractivity contribution in [1.82, 2.24) is 14.6 Å². The first-order valence-corrected chi connectivity index (χ1v) is 5.72. The fourth-order valence-corrected chi connectivity index (χ4v) is 2.27. The lowest BCUT2D eigenvalue weighted by molar-refractivity contribution is 0.193. The van der Waals surface area contributed by atoms with Crippen molar-refractivity contribution >= 4 is 17.2 Å². The van der Waals surface area contributed by atoms with Gasteiger partial charge in [-0.1, -0.05) is 11.6 Å². The molecule has 1 aliphatic rings. The van der Waals surface area contributed by atoms with Crippen LogP contribution < -0.4 is 0 Å². The Morgan fingerprint density at radius 2 is 2.44 bits per heavy atom. The second kappa shape index (κ2) is 3.71. The van der Waals surface area contributed by atoms with E-state index in [1.165, 1.54) is 0 Å². The SMILES string of the molecule is Cc1cnn2c(Cl)cc(C3CCOC3)nc12. The van der Waals surface area contributed by atoms with E-state index in [1.807, 2.05) is 13.0 Å². The summed E-state index contributed by atoms with van der Waals surface area (Å²) in [5.74, 6) is 0.372. The minimum Gasteiger partial charge on any atom is -0.381 e. The molecule has 2 aromatic heterocycles. The maximum absolute atomic E-state index is 6.17. The van der Waals surface area contributed by atoms with E-state index in [-0.39, 0.29) is 0 Å². The van der Waals surface area contributed by atoms with Crippen molar-refractivity contribution in [3.63, 3.8) is 0 Å². The molecule has 84 valence electrons. The van der Waals surface area contributed by atoms with Crippen LogP contribution in [-0.2, 0) is 4.74 Å². The van der Waals surface area contributed by atoms with Crippen molar-refractivity contribution in [2.45, 2.75) is 19.3 Å². The lowest BCUT2D eigenvalue weighted by atomic mass is 10.1. The minimum absolute atomic E-state index is 0.372. The van der Waals surface area contributed by atoms with Crippen molar-refractivity contribution in [2.24, 2.45) is 0 Å². The van der Waals surface area contributed by atoms with Crippen LogP contribution in [-0.4, -0.2) is 27.8 Å². The molecule has 4 nitrogen and oxygen atoms in total. The maximum Gasteiger partial charge on any atom is 0.159 e. The molecule has 1 fully saturated rings. The summed E-state index contributed by atoms with van der Waals surface area (Å²) >= 11 is 6.17. The van der Waals surface area contributed by atoms with Gasteiger partial charge in [0.1, 0.15) is 5.15 Å². The lowest BCUT2D eigenvalue weighted by Gasteiger charge is -2.08. The van der Waals surface area contributed by atoms with Gasteiger partial charge >= 0.3 is 0 Å². The molecule has 1 unspecified atom stereocenters. The predicted octanol–water partition coefficient (Wildman–Crippen LogP) is 2.20. The Bertz CT molecular complexity index is 531. The Morgan fingerprint density at radius 1 is 1.56 bits per heavy atom. The van der Waals surface area contributed by atoms with Crippen LogP contribution in [0, 0.1) is 6.92 Å². The molecule has 0 amide bonds. The van der Waals surface area contributed by atoms with E-state index in [4.69, 9.17) is 16.3 Å². The van der Waals surface area contributed by atoms with E-state index in [1.54, 1.807) is 10.7 Å². The van der Waals surface area contributed by atoms with Crippen molar-refractivity contribution in [3.8, 4) is 0 Å². The van der Waals surface area contributed by atoms with Gasteiger partial charge in [-0.2, -0.15) is 5.10 Å². The highest BCUT2D eigenvalue weighted by molar-refractivity contribution is 6.29. The van der Waals surface area contributed by atoms with Crippen LogP contribution in [0.3, 0.4) is 0 Å². The van der Waals surface area contributed by atoms with Gasteiger partial charge in [-0.25, -0.2) is 9.50 Å². The molecule has 0 aliphatic carbocycles. The van der Waals surface area contributed by atoms with E-state index in [0.717, 1.165) is 36.5 Å². The molecule has 1 aliphatic heterocycles. The van der Waals surface area contributed by atoms with Crippen molar-refractivity contribution in [2.75, 3.05) is 13.2 Å². The summed E-state index contributed by atoms with van der Waals surface area (Å²) in [6.45, 7) is 3.54. The van der Waals surface area contributed by atoms with Gasteiger partial charge in [-0.05, 0) is 19.4 Å². The first-order valence-electron chi connectivity index (χ1n) is 5.34. The molecule has 3 rings (SSSR count). The number of aryl methyl sites for hydroxylation is 1. The fourth-order valence-electron chi connectivity index (χ4n) is 2.03. The molecule has 0 spiro atoms. The Morgan fingerprint density at radius 3 is 3.19 bits per heavy atom. The molecule has 5 heteroatoms. The number of ether oxygens (including phenoxy) is 1. The summed E-state index contributed by atoms with van der Waals surface area (Å²) in [7, 11) is 0. The summed E-state index contributed by atoms with van der Waals surface area (Å²) in [5, 5.41) is 4.79. The second-order valence-corrected chi connectivity index (χ2v) is 4.51. The highest BCUT2D eigenvalue weighted by Gasteiger charge is 2.21. The third kappa shape index (κ3) is 1.49. The van der Waals surface area contributed by atoms with Gasteiger partial charge in [0.05, 0.1) is 18.5 Å². The Hall–Kier alpha value is -1.13. The zero-order chi connectivity index (χ0) is 11.1. The average Bonchev–Trinajstić information content (AvgIpc) is 2.88. The average molecular weight is 238 g/mol. The topological polar surface area (TPSA) is 39.4 Å². The molecule has 0 bridgehead atoms. The third-order valence-electron chi connectivity index (χ3n) is 2.97. The van der Waals surface area contributed by atoms with Crippen molar-refractivity contribution in [1.29, 1.82) is 0 Å². The number of fused-ring (bicyclic) bond motifs is 1. The number of hydrogen-bond acceptors (Lipinski definition) is 3. The molecule has 0 saturated carbocycles. The van der Waals surface area contributed by atoms with Crippen LogP contribution >= 0.6 is 11.6 Å². The number of nitrogens with zero attached hydrogens (tertiary/aromatic N) is 3. The zero-order valence-electron chi connectivity index (χ0n) is 8.98. The molecular formula is C11H12ClN3O. The second-order valence-electron chi connectivity index (χ2n) is 4.13. The minimum atomic E-state index is 0.372. The van der Waals surface area contributed by atoms with Crippen LogP contribution in [0.5, 0.6) is 0 Å². The van der Waals surface area contributed by atoms with E-state index < -0.39 is 0 Å². The standard InChI is InChI=1S/C11H12ClN3O/c1-7-5-13-15-10(12)4-9(14-11(7)15)8-2-3-16-6-8/h4-5,8H,2-3,6H2,1H3. The highest BCUT2D eigenvalue weighted by atomic mass is 35.5. The van der Waals surface area contributed by atoms with Gasteiger partial charge in [-0.3, -0.25) is 0 Å². The van der Waals surface area contributed by atoms with E-state index in [0.29, 0.717) is 11.1 Å². The van der Waals surface area contributed by atoms with Crippen molar-refractivity contribution in [3.05, 3.63) is 28.7 Å². The first kappa shape index (κ1) is 10.1. The first-order chi connectivity index (χ1) is 7.75. The monoisotopic (exact) mass is 237 g/mol. The molecule has 0 N–H and O–H groups in total. The van der Waals surface area contributed by atoms with Gasteiger partial charge in [0.15, 0.2) is 5.65 Å². The van der Waals surface area contributed by atoms with E-state index >= 15 is 0 Å². The summed E-state index contributed by atoms with van der Waals surface area (Å²) < 4.78 is 7.03. The summed E-state index contributed by atoms with van der Waals surface area (Å²) in [6, 6.07) is 1.89.